The Hall–Kier alpha value is -0.140. The topological polar surface area (TPSA) is 40.6 Å². The van der Waals surface area contributed by atoms with Crippen molar-refractivity contribution in [3.63, 3.8) is 0 Å². The Labute approximate surface area is 124 Å². The maximum atomic E-state index is 12.5. The van der Waals surface area contributed by atoms with E-state index in [0.29, 0.717) is 10.1 Å². The van der Waals surface area contributed by atoms with Crippen molar-refractivity contribution in [3.8, 4) is 0 Å². The zero-order valence-electron chi connectivity index (χ0n) is 11.2. The van der Waals surface area contributed by atoms with Crippen LogP contribution < -0.4 is 0 Å². The third-order valence-electron chi connectivity index (χ3n) is 3.53. The Morgan fingerprint density at radius 2 is 2.32 bits per heavy atom. The number of hydrogen-bond acceptors (Lipinski definition) is 4. The molecule has 0 radical (unpaired) electrons. The van der Waals surface area contributed by atoms with Crippen molar-refractivity contribution in [2.24, 2.45) is 0 Å². The average molecular weight is 323 g/mol. The van der Waals surface area contributed by atoms with Gasteiger partial charge in [0.05, 0.1) is 0 Å². The van der Waals surface area contributed by atoms with Gasteiger partial charge < -0.3 is 4.90 Å². The zero-order chi connectivity index (χ0) is 14.0. The SMILES string of the molecule is CN1CCCC(N(C)S(=O)(=O)c2cc(CCl)cs2)C1. The second-order valence-electron chi connectivity index (χ2n) is 4.99. The first kappa shape index (κ1) is 15.3. The van der Waals surface area contributed by atoms with Gasteiger partial charge in [0.2, 0.25) is 0 Å². The number of nitrogens with zero attached hydrogens (tertiary/aromatic N) is 2. The van der Waals surface area contributed by atoms with Crippen LogP contribution in [0.2, 0.25) is 0 Å². The second kappa shape index (κ2) is 6.10. The van der Waals surface area contributed by atoms with Crippen LogP contribution in [0.3, 0.4) is 0 Å². The van der Waals surface area contributed by atoms with E-state index in [1.54, 1.807) is 18.5 Å². The van der Waals surface area contributed by atoms with Gasteiger partial charge in [-0.15, -0.1) is 22.9 Å². The molecule has 1 aromatic rings. The highest BCUT2D eigenvalue weighted by molar-refractivity contribution is 7.91. The van der Waals surface area contributed by atoms with E-state index in [2.05, 4.69) is 4.90 Å². The molecule has 1 aromatic heterocycles. The van der Waals surface area contributed by atoms with Crippen molar-refractivity contribution in [2.75, 3.05) is 27.2 Å². The Bertz CT molecular complexity index is 530. The Morgan fingerprint density at radius 3 is 2.89 bits per heavy atom. The number of hydrogen-bond donors (Lipinski definition) is 0. The number of thiophene rings is 1. The van der Waals surface area contributed by atoms with Crippen LogP contribution in [0.5, 0.6) is 0 Å². The van der Waals surface area contributed by atoms with E-state index in [-0.39, 0.29) is 6.04 Å². The lowest BCUT2D eigenvalue weighted by Gasteiger charge is -2.34. The molecule has 1 saturated heterocycles. The second-order valence-corrected chi connectivity index (χ2v) is 8.39. The lowest BCUT2D eigenvalue weighted by molar-refractivity contribution is 0.188. The first-order chi connectivity index (χ1) is 8.95. The molecule has 0 saturated carbocycles. The van der Waals surface area contributed by atoms with E-state index < -0.39 is 10.0 Å². The molecule has 0 amide bonds. The van der Waals surface area contributed by atoms with Crippen molar-refractivity contribution in [2.45, 2.75) is 29.0 Å². The van der Waals surface area contributed by atoms with Gasteiger partial charge in [-0.25, -0.2) is 8.42 Å². The highest BCUT2D eigenvalue weighted by Crippen LogP contribution is 2.27. The Kier molecular flexibility index (Phi) is 4.89. The Balaban J connectivity index is 2.18. The number of likely N-dealkylation sites (N-methyl/N-ethyl adjacent to an activating group) is 2. The lowest BCUT2D eigenvalue weighted by atomic mass is 10.1. The molecule has 0 bridgehead atoms. The van der Waals surface area contributed by atoms with Gasteiger partial charge in [-0.05, 0) is 43.4 Å². The van der Waals surface area contributed by atoms with E-state index >= 15 is 0 Å². The number of likely N-dealkylation sites (tertiary alicyclic amines) is 1. The molecule has 1 atom stereocenters. The summed E-state index contributed by atoms with van der Waals surface area (Å²) in [6, 6.07) is 1.74. The minimum absolute atomic E-state index is 0.0605. The standard InChI is InChI=1S/C12H19ClN2O2S2/c1-14-5-3-4-11(8-14)15(2)19(16,17)12-6-10(7-13)9-18-12/h6,9,11H,3-5,7-8H2,1-2H3. The summed E-state index contributed by atoms with van der Waals surface area (Å²) in [4.78, 5) is 2.18. The maximum Gasteiger partial charge on any atom is 0.252 e. The molecule has 19 heavy (non-hydrogen) atoms. The molecule has 1 unspecified atom stereocenters. The van der Waals surface area contributed by atoms with E-state index in [1.807, 2.05) is 7.05 Å². The van der Waals surface area contributed by atoms with Crippen molar-refractivity contribution in [3.05, 3.63) is 17.0 Å². The quantitative estimate of drug-likeness (QED) is 0.798. The van der Waals surface area contributed by atoms with Gasteiger partial charge in [0, 0.05) is 25.5 Å². The van der Waals surface area contributed by atoms with E-state index in [1.165, 1.54) is 15.6 Å². The van der Waals surface area contributed by atoms with Crippen LogP contribution in [0.1, 0.15) is 18.4 Å². The van der Waals surface area contributed by atoms with Gasteiger partial charge in [0.15, 0.2) is 0 Å². The first-order valence-electron chi connectivity index (χ1n) is 6.25. The van der Waals surface area contributed by atoms with E-state index in [0.717, 1.165) is 31.5 Å². The number of sulfonamides is 1. The van der Waals surface area contributed by atoms with Crippen LogP contribution in [0.25, 0.3) is 0 Å². The normalized spacial score (nSPS) is 22.0. The molecular weight excluding hydrogens is 304 g/mol. The van der Waals surface area contributed by atoms with Crippen LogP contribution in [-0.4, -0.2) is 50.8 Å². The summed E-state index contributed by atoms with van der Waals surface area (Å²) in [5, 5.41) is 1.81. The van der Waals surface area contributed by atoms with Gasteiger partial charge in [-0.1, -0.05) is 0 Å². The molecule has 7 heteroatoms. The molecule has 1 aliphatic heterocycles. The first-order valence-corrected chi connectivity index (χ1v) is 9.10. The summed E-state index contributed by atoms with van der Waals surface area (Å²) in [6.07, 6.45) is 1.96. The molecule has 1 fully saturated rings. The molecule has 2 heterocycles. The predicted octanol–water partition coefficient (Wildman–Crippen LogP) is 2.20. The van der Waals surface area contributed by atoms with E-state index in [9.17, 15) is 8.42 Å². The van der Waals surface area contributed by atoms with Crippen LogP contribution in [-0.2, 0) is 15.9 Å². The predicted molar refractivity (Wildman–Crippen MR) is 79.3 cm³/mol. The minimum Gasteiger partial charge on any atom is -0.305 e. The summed E-state index contributed by atoms with van der Waals surface area (Å²) in [6.45, 7) is 1.84. The van der Waals surface area contributed by atoms with Gasteiger partial charge in [0.25, 0.3) is 10.0 Å². The average Bonchev–Trinajstić information content (AvgIpc) is 2.87. The molecule has 0 aromatic carbocycles. The van der Waals surface area contributed by atoms with Crippen molar-refractivity contribution in [1.82, 2.24) is 9.21 Å². The highest BCUT2D eigenvalue weighted by Gasteiger charge is 2.31. The molecule has 0 N–H and O–H groups in total. The smallest absolute Gasteiger partial charge is 0.252 e. The monoisotopic (exact) mass is 322 g/mol. The van der Waals surface area contributed by atoms with Crippen molar-refractivity contribution >= 4 is 33.0 Å². The van der Waals surface area contributed by atoms with Crippen LogP contribution in [0.4, 0.5) is 0 Å². The van der Waals surface area contributed by atoms with E-state index in [4.69, 9.17) is 11.6 Å². The van der Waals surface area contributed by atoms with Gasteiger partial charge >= 0.3 is 0 Å². The van der Waals surface area contributed by atoms with Crippen LogP contribution >= 0.6 is 22.9 Å². The van der Waals surface area contributed by atoms with Gasteiger partial charge in [-0.2, -0.15) is 4.31 Å². The third kappa shape index (κ3) is 3.31. The fourth-order valence-electron chi connectivity index (χ4n) is 2.33. The van der Waals surface area contributed by atoms with Gasteiger partial charge in [0.1, 0.15) is 4.21 Å². The highest BCUT2D eigenvalue weighted by atomic mass is 35.5. The van der Waals surface area contributed by atoms with Crippen LogP contribution in [0, 0.1) is 0 Å². The summed E-state index contributed by atoms with van der Waals surface area (Å²) in [5.74, 6) is 0.349. The molecule has 0 spiro atoms. The fraction of sp³-hybridized carbons (Fsp3) is 0.667. The third-order valence-corrected chi connectivity index (χ3v) is 7.21. The minimum atomic E-state index is -3.38. The Morgan fingerprint density at radius 1 is 1.58 bits per heavy atom. The van der Waals surface area contributed by atoms with Crippen LogP contribution in [0.15, 0.2) is 15.7 Å². The maximum absolute atomic E-state index is 12.5. The van der Waals surface area contributed by atoms with Gasteiger partial charge in [-0.3, -0.25) is 0 Å². The van der Waals surface area contributed by atoms with Crippen molar-refractivity contribution < 1.29 is 8.42 Å². The molecular formula is C12H19ClN2O2S2. The fourth-order valence-corrected chi connectivity index (χ4v) is 5.35. The van der Waals surface area contributed by atoms with Crippen molar-refractivity contribution in [1.29, 1.82) is 0 Å². The summed E-state index contributed by atoms with van der Waals surface area (Å²) in [5.41, 5.74) is 0.861. The summed E-state index contributed by atoms with van der Waals surface area (Å²) in [7, 11) is 0.326. The molecule has 1 aliphatic rings. The number of rotatable bonds is 4. The lowest BCUT2D eigenvalue weighted by Crippen LogP contribution is -2.47. The molecule has 0 aliphatic carbocycles. The molecule has 4 nitrogen and oxygen atoms in total. The number of halogens is 1. The summed E-state index contributed by atoms with van der Waals surface area (Å²) >= 11 is 6.98. The number of alkyl halides is 1. The molecule has 2 rings (SSSR count). The summed E-state index contributed by atoms with van der Waals surface area (Å²) < 4.78 is 27.0. The molecule has 108 valence electrons. The number of piperidine rings is 1. The largest absolute Gasteiger partial charge is 0.305 e. The zero-order valence-corrected chi connectivity index (χ0v) is 13.6.